The van der Waals surface area contributed by atoms with E-state index in [-0.39, 0.29) is 117 Å². The number of aromatic nitrogens is 14. The van der Waals surface area contributed by atoms with Gasteiger partial charge in [-0.25, -0.2) is 53.6 Å². The highest BCUT2D eigenvalue weighted by molar-refractivity contribution is 8.32. The van der Waals surface area contributed by atoms with Crippen molar-refractivity contribution in [2.24, 2.45) is 5.73 Å². The van der Waals surface area contributed by atoms with Gasteiger partial charge in [-0.3, -0.25) is 55.7 Å². The molecule has 7 aromatic heterocycles. The Labute approximate surface area is 833 Å². The van der Waals surface area contributed by atoms with E-state index in [0.29, 0.717) is 23.2 Å². The summed E-state index contributed by atoms with van der Waals surface area (Å²) in [6, 6.07) is -0.875. The second-order valence-electron chi connectivity index (χ2n) is 33.2. The average molecular weight is 2190 g/mol. The number of aliphatic hydroxyl groups is 1. The zero-order valence-electron chi connectivity index (χ0n) is 78.6. The average Bonchev–Trinajstić information content (AvgIpc) is 1.29. The lowest BCUT2D eigenvalue weighted by molar-refractivity contribution is -0.237. The van der Waals surface area contributed by atoms with Crippen molar-refractivity contribution >= 4 is 123 Å². The molecule has 7 aliphatic heterocycles. The minimum absolute atomic E-state index is 0.00510. The SMILES string of the molecule is CC[C@H]1O[C@@H](n2cnc3c(N)ncnc32)CC1OP([O-])(=S)OC[C@H]1O[C@@H](N2C=C(C)C(N)NC2=O)[C@@H](OCCOC)C1OP(=O)([O-])OC[C@H]1O[C@@H](n2cc(C)c(N)nc2=O)[C@@H](OCCOC)C1OP(=O)(O)OC[C@H]1O[C@@H](n2cnc3c(N)ncnc32)[C@@H](OCCOC)C1OP(=O)([S-])OC[C@H]1O[C@@H](n2cc(C)c(=O)[nH]c2=O)[C@@H](OCCOC)C1OP([O-])(=S)OC[C@H]1O[C@@H](n2cc(C)c(N)nc2=O)[C@@H](OCCOC)C1O. The van der Waals surface area contributed by atoms with E-state index in [4.69, 9.17) is 186 Å². The summed E-state index contributed by atoms with van der Waals surface area (Å²) in [6.45, 7) is -15.1. The van der Waals surface area contributed by atoms with Gasteiger partial charge in [0.2, 0.25) is 0 Å². The van der Waals surface area contributed by atoms with Crippen LogP contribution in [0.5, 0.6) is 0 Å². The first-order valence-corrected chi connectivity index (χ1v) is 54.9. The number of amides is 2. The van der Waals surface area contributed by atoms with E-state index in [9.17, 15) is 43.8 Å². The van der Waals surface area contributed by atoms with Gasteiger partial charge in [0.15, 0.2) is 60.9 Å². The van der Waals surface area contributed by atoms with Gasteiger partial charge < -0.3 is 183 Å². The van der Waals surface area contributed by atoms with Crippen LogP contribution in [0.4, 0.5) is 28.1 Å². The number of aliphatic hydroxyl groups excluding tert-OH is 1. The number of methoxy groups -OCH3 is 5. The molecule has 7 aliphatic rings. The summed E-state index contributed by atoms with van der Waals surface area (Å²) < 4.78 is 207. The molecule has 0 bridgehead atoms. The molecule has 14 N–H and O–H groups in total. The molecule has 6 fully saturated rings. The number of nitrogens with zero attached hydrogens (tertiary/aromatic N) is 14. The topological polar surface area (TPSA) is 775 Å². The molecule has 0 saturated carbocycles. The maximum atomic E-state index is 15.6. The zero-order valence-corrected chi connectivity index (χ0v) is 85.5. The zero-order chi connectivity index (χ0) is 104. The van der Waals surface area contributed by atoms with Gasteiger partial charge >= 0.3 is 30.9 Å². The highest BCUT2D eigenvalue weighted by Crippen LogP contribution is 2.57. The highest BCUT2D eigenvalue weighted by Gasteiger charge is 2.58. The van der Waals surface area contributed by atoms with Crippen molar-refractivity contribution < 1.29 is 164 Å². The van der Waals surface area contributed by atoms with Gasteiger partial charge in [-0.2, -0.15) is 9.97 Å². The maximum absolute atomic E-state index is 15.6. The van der Waals surface area contributed by atoms with E-state index in [0.717, 1.165) is 31.1 Å². The molecule has 14 heterocycles. The molecule has 7 aromatic rings. The van der Waals surface area contributed by atoms with Crippen LogP contribution in [0.3, 0.4) is 0 Å². The second-order valence-corrected chi connectivity index (χ2v) is 44.1. The predicted octanol–water partition coefficient (Wildman–Crippen LogP) is -2.87. The van der Waals surface area contributed by atoms with Crippen molar-refractivity contribution in [1.29, 1.82) is 0 Å². The monoisotopic (exact) mass is 2190 g/mol. The van der Waals surface area contributed by atoms with Gasteiger partial charge in [0.1, 0.15) is 153 Å². The number of fused-ring (bicyclic) bond motifs is 2. The van der Waals surface area contributed by atoms with E-state index in [1.165, 1.54) is 91.5 Å². The number of carbonyl (C=O) groups excluding carboxylic acids is 1. The van der Waals surface area contributed by atoms with Crippen LogP contribution < -0.4 is 71.3 Å². The van der Waals surface area contributed by atoms with E-state index in [1.807, 2.05) is 0 Å². The Bertz CT molecular complexity index is 6170. The van der Waals surface area contributed by atoms with Crippen LogP contribution in [0, 0.1) is 20.8 Å². The number of H-pyrrole nitrogens is 1. The number of rotatable bonds is 52. The predicted molar refractivity (Wildman–Crippen MR) is 495 cm³/mol. The Morgan fingerprint density at radius 1 is 0.479 bits per heavy atom. The molecule has 2 amide bonds. The molecule has 14 rings (SSSR count). The van der Waals surface area contributed by atoms with Crippen molar-refractivity contribution in [2.45, 2.75) is 195 Å². The van der Waals surface area contributed by atoms with Crippen LogP contribution in [0.1, 0.15) is 74.5 Å². The number of urea groups is 1. The number of carbonyl (C=O) groups is 1. The quantitative estimate of drug-likeness (QED) is 0.0105. The molecular formula is C76H110N21O39P5S3-4. The molecule has 68 heteroatoms. The number of nitrogens with two attached hydrogens (primary N) is 5. The summed E-state index contributed by atoms with van der Waals surface area (Å²) in [5.74, 6) is -0.377. The van der Waals surface area contributed by atoms with Gasteiger partial charge in [0.25, 0.3) is 13.4 Å². The summed E-state index contributed by atoms with van der Waals surface area (Å²) in [7, 11) is -5.36. The lowest BCUT2D eigenvalue weighted by Gasteiger charge is -2.36. The van der Waals surface area contributed by atoms with Crippen LogP contribution in [-0.2, 0) is 171 Å². The Morgan fingerprint density at radius 2 is 0.896 bits per heavy atom. The van der Waals surface area contributed by atoms with Crippen molar-refractivity contribution in [1.82, 2.24) is 77.9 Å². The fourth-order valence-corrected chi connectivity index (χ4v) is 22.7. The number of nitrogen functional groups attached to an aromatic ring is 4. The van der Waals surface area contributed by atoms with Gasteiger partial charge in [-0.05, 0) is 39.7 Å². The molecule has 800 valence electrons. The number of hydrogen-bond donors (Lipinski definition) is 9. The van der Waals surface area contributed by atoms with Gasteiger partial charge in [0, 0.05) is 83.5 Å². The molecular weight excluding hydrogens is 2080 g/mol. The molecule has 12 unspecified atom stereocenters. The molecule has 0 aliphatic carbocycles. The summed E-state index contributed by atoms with van der Waals surface area (Å²) in [5.41, 5.74) is 28.1. The number of anilines is 4. The largest absolute Gasteiger partial charge is 0.780 e. The second kappa shape index (κ2) is 48.8. The summed E-state index contributed by atoms with van der Waals surface area (Å²) in [5, 5.41) is 14.3. The number of aromatic amines is 1. The number of phosphoric ester groups is 2. The van der Waals surface area contributed by atoms with E-state index in [1.54, 1.807) is 25.3 Å². The molecule has 6 saturated heterocycles. The number of nitrogens with one attached hydrogen (secondary N) is 2. The molecule has 29 atom stereocenters. The van der Waals surface area contributed by atoms with E-state index in [2.05, 4.69) is 50.2 Å². The molecule has 0 spiro atoms. The fraction of sp³-hybridized carbons (Fsp3) is 0.671. The minimum Gasteiger partial charge on any atom is -0.780 e. The van der Waals surface area contributed by atoms with E-state index >= 15 is 18.6 Å². The molecule has 60 nitrogen and oxygen atoms in total. The molecule has 0 aromatic carbocycles. The van der Waals surface area contributed by atoms with Crippen LogP contribution in [-0.4, -0.2) is 339 Å². The van der Waals surface area contributed by atoms with Crippen LogP contribution >= 0.6 is 35.9 Å². The van der Waals surface area contributed by atoms with Gasteiger partial charge in [-0.15, -0.1) is 0 Å². The third-order valence-electron chi connectivity index (χ3n) is 23.6. The smallest absolute Gasteiger partial charge is 0.472 e. The fourth-order valence-electron chi connectivity index (χ4n) is 16.5. The maximum Gasteiger partial charge on any atom is 0.472 e. The Kier molecular flexibility index (Phi) is 38.1. The molecule has 0 radical (unpaired) electrons. The first kappa shape index (κ1) is 112. The van der Waals surface area contributed by atoms with Crippen molar-refractivity contribution in [3.8, 4) is 0 Å². The Balaban J connectivity index is 0.752. The van der Waals surface area contributed by atoms with Gasteiger partial charge in [0.05, 0.1) is 124 Å². The number of ether oxygens (including phenoxy) is 16. The minimum atomic E-state index is -6.08. The number of imidazole rings is 2. The summed E-state index contributed by atoms with van der Waals surface area (Å²) >= 11 is 16.8. The highest BCUT2D eigenvalue weighted by atomic mass is 32.7. The third-order valence-corrected chi connectivity index (χ3v) is 30.2. The summed E-state index contributed by atoms with van der Waals surface area (Å²) in [6.07, 6.45) is -28.5. The van der Waals surface area contributed by atoms with E-state index < -0.39 is 251 Å². The number of phosphoric acid groups is 2. The normalized spacial score (nSPS) is 30.4. The van der Waals surface area contributed by atoms with Crippen LogP contribution in [0.25, 0.3) is 22.3 Å². The summed E-state index contributed by atoms with van der Waals surface area (Å²) in [4.78, 5) is 162. The van der Waals surface area contributed by atoms with Crippen molar-refractivity contribution in [3.05, 3.63) is 114 Å². The number of hydrogen-bond acceptors (Lipinski definition) is 54. The first-order valence-electron chi connectivity index (χ1n) is 44.3. The molecule has 144 heavy (non-hydrogen) atoms. The van der Waals surface area contributed by atoms with Crippen LogP contribution in [0.2, 0.25) is 0 Å². The van der Waals surface area contributed by atoms with Crippen LogP contribution in [0.15, 0.2) is 74.9 Å². The van der Waals surface area contributed by atoms with Crippen molar-refractivity contribution in [2.75, 3.05) is 158 Å². The number of aryl methyl sites for hydroxylation is 3. The first-order chi connectivity index (χ1) is 68.5. The van der Waals surface area contributed by atoms with Crippen molar-refractivity contribution in [3.63, 3.8) is 0 Å². The standard InChI is InChI=1S/C76H114N21O39P5S3/c1-11-40-41(22-47(126-40)96-34-86-48-63(80)82-32-84-65(48)96)132-139(108,142)124-30-45-52(57(118-19-14-113-8)70(129-45)94-25-38(4)62(79)90-75(94)102)134-137(104,105)121-28-43-51(56(117-18-13-112-7)69(128-43)93-24-37(3)61(78)89-74(93)101)133-138(106,107)122-29-44-53(59(120-21-16-115-10)72(131-44)97-35-87-49-64(81)83-33-85-66(49)97)135-141(110,144)125-31-46-54(58(119-20-15-114-9)71(130-46)95-26-39(5)67(99)91-76(95)103)136-140(109,143)123-27-42-50(98)55(116-17-12-111-6)68(127-42)92-23-36(2)60(77)88-73(92)100/h23-26,32-35,40-47,50-59,62,68-72,98H,11-22,27-31,79H2,1-10H3,(H,90,102)(H,104,105)(H,106,107)(H,108,142)(H,109,143)(H,110,144)(H2,77,88,100)(H2,78,89,101)(H2,80,82,84)(H2,81,83,85)(H,91,99,103)/p-4/t40-,41?,42-,43-,44-,45-,46-,47-,50?,51?,52?,53?,54?,55+,56+,57+,58+,59+,62?,68-,69-,70-,71-,72-,139?,140?,141?/m1/s1. The lowest BCUT2D eigenvalue weighted by atomic mass is 10.1. The Morgan fingerprint density at radius 3 is 1.42 bits per heavy atom. The Hall–Kier alpha value is -7.19. The lowest BCUT2D eigenvalue weighted by Crippen LogP contribution is -2.57. The van der Waals surface area contributed by atoms with Gasteiger partial charge in [-0.1, -0.05) is 30.5 Å². The third kappa shape index (κ3) is 26.7.